The summed E-state index contributed by atoms with van der Waals surface area (Å²) in [5, 5.41) is 13.6. The minimum atomic E-state index is -1.09. The zero-order valence-corrected chi connectivity index (χ0v) is 36.2. The molecule has 1 heterocycles. The molecule has 2 aromatic rings. The number of amides is 6. The Kier molecular flexibility index (Phi) is 19.3. The van der Waals surface area contributed by atoms with E-state index in [1.807, 2.05) is 74.5 Å². The third kappa shape index (κ3) is 16.5. The van der Waals surface area contributed by atoms with Crippen LogP contribution in [0.25, 0.3) is 0 Å². The topological polar surface area (TPSA) is 211 Å². The van der Waals surface area contributed by atoms with Crippen molar-refractivity contribution in [1.82, 2.24) is 31.5 Å². The molecule has 60 heavy (non-hydrogen) atoms. The van der Waals surface area contributed by atoms with E-state index in [4.69, 9.17) is 14.2 Å². The van der Waals surface area contributed by atoms with Gasteiger partial charge in [-0.3, -0.25) is 19.2 Å². The Morgan fingerprint density at radius 3 is 1.97 bits per heavy atom. The molecule has 3 rings (SSSR count). The quantitative estimate of drug-likeness (QED) is 0.0731. The summed E-state index contributed by atoms with van der Waals surface area (Å²) < 4.78 is 15.6. The highest BCUT2D eigenvalue weighted by Crippen LogP contribution is 2.21. The van der Waals surface area contributed by atoms with E-state index >= 15 is 0 Å². The molecule has 1 saturated heterocycles. The Balaban J connectivity index is 1.70. The van der Waals surface area contributed by atoms with E-state index in [0.29, 0.717) is 19.3 Å². The number of hydrogen-bond donors (Lipinski definition) is 5. The first kappa shape index (κ1) is 48.7. The molecule has 0 unspecified atom stereocenters. The number of likely N-dealkylation sites (tertiary alicyclic amines) is 1. The van der Waals surface area contributed by atoms with Gasteiger partial charge in [0.15, 0.2) is 0 Å². The molecule has 5 N–H and O–H groups in total. The summed E-state index contributed by atoms with van der Waals surface area (Å²) in [6, 6.07) is 13.1. The zero-order chi connectivity index (χ0) is 44.4. The molecule has 6 amide bonds. The fourth-order valence-corrected chi connectivity index (χ4v) is 6.69. The van der Waals surface area contributed by atoms with Crippen molar-refractivity contribution < 1.29 is 47.8 Å². The Labute approximate surface area is 353 Å². The summed E-state index contributed by atoms with van der Waals surface area (Å²) in [6.07, 6.45) is 0.255. The molecular formula is C44H64N6O10. The Morgan fingerprint density at radius 1 is 0.767 bits per heavy atom. The van der Waals surface area contributed by atoms with E-state index in [0.717, 1.165) is 11.1 Å². The maximum Gasteiger partial charge on any atom is 0.408 e. The van der Waals surface area contributed by atoms with Gasteiger partial charge in [0.2, 0.25) is 23.6 Å². The van der Waals surface area contributed by atoms with Gasteiger partial charge in [0, 0.05) is 19.5 Å². The Hall–Kier alpha value is -5.67. The summed E-state index contributed by atoms with van der Waals surface area (Å²) in [4.78, 5) is 94.9. The van der Waals surface area contributed by atoms with Crippen LogP contribution in [0.3, 0.4) is 0 Å². The van der Waals surface area contributed by atoms with Crippen molar-refractivity contribution in [3.63, 3.8) is 0 Å². The van der Waals surface area contributed by atoms with Gasteiger partial charge in [-0.25, -0.2) is 14.4 Å². The number of carbonyl (C=O) groups is 7. The average Bonchev–Trinajstić information content (AvgIpc) is 3.69. The van der Waals surface area contributed by atoms with Crippen LogP contribution in [0.1, 0.15) is 91.7 Å². The molecule has 16 nitrogen and oxygen atoms in total. The molecule has 330 valence electrons. The van der Waals surface area contributed by atoms with Crippen LogP contribution in [0.2, 0.25) is 0 Å². The lowest BCUT2D eigenvalue weighted by atomic mass is 10.00. The fourth-order valence-electron chi connectivity index (χ4n) is 6.69. The SMILES string of the molecule is COC(=O)[C@H](CCCNC(=O)OCc1ccccc1)NC(=O)[C@@H](NC(=O)[C@@H]1CCCN1C(=O)[C@@H](Cc1ccccc1)NC(=O)[C@H](CC(C)C)NC(=O)OC(C)(C)C)C(C)C. The zero-order valence-electron chi connectivity index (χ0n) is 36.2. The van der Waals surface area contributed by atoms with E-state index in [-0.39, 0.29) is 44.9 Å². The lowest BCUT2D eigenvalue weighted by Crippen LogP contribution is -2.59. The summed E-state index contributed by atoms with van der Waals surface area (Å²) in [7, 11) is 1.20. The molecule has 0 aromatic heterocycles. The number of benzene rings is 2. The predicted octanol–water partition coefficient (Wildman–Crippen LogP) is 4.15. The lowest BCUT2D eigenvalue weighted by Gasteiger charge is -2.32. The predicted molar refractivity (Wildman–Crippen MR) is 224 cm³/mol. The molecule has 1 fully saturated rings. The van der Waals surface area contributed by atoms with Gasteiger partial charge < -0.3 is 45.7 Å². The molecule has 0 bridgehead atoms. The number of methoxy groups -OCH3 is 1. The van der Waals surface area contributed by atoms with E-state index in [9.17, 15) is 33.6 Å². The second-order valence-corrected chi connectivity index (χ2v) is 16.7. The summed E-state index contributed by atoms with van der Waals surface area (Å²) in [5.74, 6) is -3.34. The van der Waals surface area contributed by atoms with Gasteiger partial charge in [-0.15, -0.1) is 0 Å². The number of hydrogen-bond acceptors (Lipinski definition) is 10. The van der Waals surface area contributed by atoms with Crippen LogP contribution in [0.4, 0.5) is 9.59 Å². The van der Waals surface area contributed by atoms with Crippen LogP contribution in [0.5, 0.6) is 0 Å². The van der Waals surface area contributed by atoms with Gasteiger partial charge in [0.05, 0.1) is 7.11 Å². The van der Waals surface area contributed by atoms with E-state index in [1.54, 1.807) is 34.6 Å². The van der Waals surface area contributed by atoms with Crippen LogP contribution in [0, 0.1) is 11.8 Å². The van der Waals surface area contributed by atoms with Gasteiger partial charge in [-0.2, -0.15) is 0 Å². The number of nitrogens with zero attached hydrogens (tertiary/aromatic N) is 1. The normalized spacial score (nSPS) is 15.8. The third-order valence-corrected chi connectivity index (χ3v) is 9.65. The van der Waals surface area contributed by atoms with Crippen LogP contribution >= 0.6 is 0 Å². The van der Waals surface area contributed by atoms with Crippen molar-refractivity contribution in [1.29, 1.82) is 0 Å². The van der Waals surface area contributed by atoms with Gasteiger partial charge in [-0.1, -0.05) is 88.4 Å². The van der Waals surface area contributed by atoms with Crippen molar-refractivity contribution in [2.45, 2.75) is 129 Å². The summed E-state index contributed by atoms with van der Waals surface area (Å²) in [5.41, 5.74) is 0.808. The molecule has 2 aromatic carbocycles. The van der Waals surface area contributed by atoms with Crippen molar-refractivity contribution in [3.8, 4) is 0 Å². The minimum Gasteiger partial charge on any atom is -0.467 e. The molecule has 0 aliphatic carbocycles. The second kappa shape index (κ2) is 23.8. The van der Waals surface area contributed by atoms with E-state index < -0.39 is 83.5 Å². The molecule has 1 aliphatic rings. The van der Waals surface area contributed by atoms with Crippen LogP contribution in [-0.4, -0.2) is 103 Å². The minimum absolute atomic E-state index is 0.0118. The standard InChI is InChI=1S/C44H64N6O10/c1-28(2)25-33(48-43(57)60-44(5,6)7)37(51)47-34(26-30-17-11-9-12-18-30)40(54)50-24-16-22-35(50)38(52)49-36(29(3)4)39(53)46-32(41(55)58-8)21-15-23-45-42(56)59-27-31-19-13-10-14-20-31/h9-14,17-20,28-29,32-36H,15-16,21-27H2,1-8H3,(H,45,56)(H,46,53)(H,47,51)(H,48,57)(H,49,52)/t32-,33-,34+,35-,36-/m0/s1. The van der Waals surface area contributed by atoms with Crippen molar-refractivity contribution in [2.24, 2.45) is 11.8 Å². The number of alkyl carbamates (subject to hydrolysis) is 2. The van der Waals surface area contributed by atoms with Crippen molar-refractivity contribution >= 4 is 41.8 Å². The number of nitrogens with one attached hydrogen (secondary N) is 5. The van der Waals surface area contributed by atoms with Gasteiger partial charge in [0.25, 0.3) is 0 Å². The summed E-state index contributed by atoms with van der Waals surface area (Å²) in [6.45, 7) is 12.9. The van der Waals surface area contributed by atoms with Crippen LogP contribution in [-0.2, 0) is 51.2 Å². The summed E-state index contributed by atoms with van der Waals surface area (Å²) >= 11 is 0. The molecule has 16 heteroatoms. The highest BCUT2D eigenvalue weighted by atomic mass is 16.6. The largest absolute Gasteiger partial charge is 0.467 e. The van der Waals surface area contributed by atoms with Gasteiger partial charge in [0.1, 0.15) is 42.4 Å². The molecule has 1 aliphatic heterocycles. The van der Waals surface area contributed by atoms with Crippen molar-refractivity contribution in [3.05, 3.63) is 71.8 Å². The number of esters is 1. The van der Waals surface area contributed by atoms with E-state index in [1.165, 1.54) is 12.0 Å². The smallest absolute Gasteiger partial charge is 0.408 e. The van der Waals surface area contributed by atoms with Crippen LogP contribution < -0.4 is 26.6 Å². The average molecular weight is 837 g/mol. The number of carbonyl (C=O) groups excluding carboxylic acids is 7. The first-order chi connectivity index (χ1) is 28.4. The molecule has 5 atom stereocenters. The first-order valence-electron chi connectivity index (χ1n) is 20.7. The number of ether oxygens (including phenoxy) is 3. The Bertz CT molecular complexity index is 1730. The van der Waals surface area contributed by atoms with Crippen LogP contribution in [0.15, 0.2) is 60.7 Å². The molecule has 0 saturated carbocycles. The van der Waals surface area contributed by atoms with Gasteiger partial charge in [-0.05, 0) is 75.8 Å². The molecule has 0 spiro atoms. The third-order valence-electron chi connectivity index (χ3n) is 9.65. The maximum absolute atomic E-state index is 14.4. The maximum atomic E-state index is 14.4. The highest BCUT2D eigenvalue weighted by Gasteiger charge is 2.40. The van der Waals surface area contributed by atoms with Gasteiger partial charge >= 0.3 is 18.2 Å². The van der Waals surface area contributed by atoms with E-state index in [2.05, 4.69) is 26.6 Å². The van der Waals surface area contributed by atoms with Crippen molar-refractivity contribution in [2.75, 3.05) is 20.2 Å². The first-order valence-corrected chi connectivity index (χ1v) is 20.7. The lowest BCUT2D eigenvalue weighted by molar-refractivity contribution is -0.146. The molecular weight excluding hydrogens is 773 g/mol. The second-order valence-electron chi connectivity index (χ2n) is 16.7. The Morgan fingerprint density at radius 2 is 1.38 bits per heavy atom. The molecule has 0 radical (unpaired) electrons. The highest BCUT2D eigenvalue weighted by molar-refractivity contribution is 5.96. The monoisotopic (exact) mass is 836 g/mol. The number of rotatable bonds is 20. The fraction of sp³-hybridized carbons (Fsp3) is 0.568.